The molecule has 7 rings (SSSR count). The highest BCUT2D eigenvalue weighted by molar-refractivity contribution is 6.47. The molecule has 310 valence electrons. The van der Waals surface area contributed by atoms with Crippen molar-refractivity contribution in [2.75, 3.05) is 0 Å². The van der Waals surface area contributed by atoms with E-state index in [0.717, 1.165) is 5.46 Å². The highest BCUT2D eigenvalue weighted by Gasteiger charge is 2.43. The molecule has 0 aromatic heterocycles. The van der Waals surface area contributed by atoms with E-state index in [-0.39, 0.29) is 10.8 Å². The number of aliphatic hydroxyl groups is 1. The third kappa shape index (κ3) is 8.81. The van der Waals surface area contributed by atoms with Crippen LogP contribution in [0.3, 0.4) is 0 Å². The van der Waals surface area contributed by atoms with Crippen molar-refractivity contribution >= 4 is 12.9 Å². The maximum absolute atomic E-state index is 10.5. The molecule has 5 aromatic carbocycles. The summed E-state index contributed by atoms with van der Waals surface area (Å²) in [5.41, 5.74) is 16.2. The third-order valence-corrected chi connectivity index (χ3v) is 14.6. The van der Waals surface area contributed by atoms with E-state index >= 15 is 0 Å². The Morgan fingerprint density at radius 1 is 0.492 bits per heavy atom. The molecule has 0 fully saturated rings. The van der Waals surface area contributed by atoms with E-state index in [0.29, 0.717) is 7.48 Å². The van der Waals surface area contributed by atoms with Gasteiger partial charge >= 0.3 is 7.48 Å². The van der Waals surface area contributed by atoms with Gasteiger partial charge in [-0.1, -0.05) is 195 Å². The van der Waals surface area contributed by atoms with Gasteiger partial charge in [0, 0.05) is 10.8 Å². The lowest BCUT2D eigenvalue weighted by molar-refractivity contribution is -0.0893. The van der Waals surface area contributed by atoms with Gasteiger partial charge in [-0.3, -0.25) is 0 Å². The maximum atomic E-state index is 10.5. The minimum atomic E-state index is -0.929. The molecule has 0 heterocycles. The van der Waals surface area contributed by atoms with Gasteiger partial charge < -0.3 is 9.76 Å². The summed E-state index contributed by atoms with van der Waals surface area (Å²) in [6, 6.07) is 39.9. The van der Waals surface area contributed by atoms with E-state index < -0.39 is 11.2 Å². The molecule has 0 saturated heterocycles. The van der Waals surface area contributed by atoms with Crippen LogP contribution in [0.5, 0.6) is 0 Å². The van der Waals surface area contributed by atoms with Gasteiger partial charge in [0.2, 0.25) is 0 Å². The quantitative estimate of drug-likeness (QED) is 0.0629. The Morgan fingerprint density at radius 2 is 0.915 bits per heavy atom. The average molecular weight is 787 g/mol. The third-order valence-electron chi connectivity index (χ3n) is 14.6. The molecule has 0 spiro atoms. The Morgan fingerprint density at radius 3 is 1.44 bits per heavy atom. The van der Waals surface area contributed by atoms with Crippen LogP contribution in [-0.4, -0.2) is 23.8 Å². The van der Waals surface area contributed by atoms with Crippen molar-refractivity contribution < 1.29 is 9.76 Å². The minimum Gasteiger partial charge on any atom is -0.427 e. The monoisotopic (exact) mass is 787 g/mol. The molecule has 0 aliphatic heterocycles. The van der Waals surface area contributed by atoms with Crippen molar-refractivity contribution in [1.82, 2.24) is 0 Å². The average Bonchev–Trinajstić information content (AvgIpc) is 3.63. The van der Waals surface area contributed by atoms with Crippen LogP contribution in [0.25, 0.3) is 44.5 Å². The summed E-state index contributed by atoms with van der Waals surface area (Å²) in [4.78, 5) is 0. The van der Waals surface area contributed by atoms with Crippen LogP contribution in [0.2, 0.25) is 0 Å². The van der Waals surface area contributed by atoms with E-state index in [1.807, 2.05) is 13.8 Å². The Hall–Kier alpha value is -3.92. The molecule has 2 aliphatic rings. The predicted octanol–water partition coefficient (Wildman–Crippen LogP) is 14.6. The first kappa shape index (κ1) is 43.2. The van der Waals surface area contributed by atoms with Crippen molar-refractivity contribution in [1.29, 1.82) is 0 Å². The van der Waals surface area contributed by atoms with Crippen molar-refractivity contribution in [3.63, 3.8) is 0 Å². The number of fused-ring (bicyclic) bond motifs is 6. The molecule has 59 heavy (non-hydrogen) atoms. The van der Waals surface area contributed by atoms with Gasteiger partial charge in [-0.05, 0) is 125 Å². The van der Waals surface area contributed by atoms with Gasteiger partial charge in [-0.25, -0.2) is 0 Å². The van der Waals surface area contributed by atoms with Crippen LogP contribution < -0.4 is 5.46 Å². The van der Waals surface area contributed by atoms with Gasteiger partial charge in [-0.2, -0.15) is 0 Å². The first-order chi connectivity index (χ1) is 28.3. The van der Waals surface area contributed by atoms with Crippen molar-refractivity contribution in [3.05, 3.63) is 125 Å². The molecule has 0 atom stereocenters. The molecule has 2 aliphatic carbocycles. The molecule has 5 aromatic rings. The van der Waals surface area contributed by atoms with Gasteiger partial charge in [0.25, 0.3) is 0 Å². The fraction of sp³-hybridized carbons (Fsp3) is 0.464. The molecule has 0 saturated carbocycles. The Bertz CT molecular complexity index is 2180. The van der Waals surface area contributed by atoms with Gasteiger partial charge in [0.1, 0.15) is 0 Å². The number of rotatable bonds is 20. The minimum absolute atomic E-state index is 0.0816. The zero-order valence-electron chi connectivity index (χ0n) is 37.8. The van der Waals surface area contributed by atoms with Gasteiger partial charge in [0.05, 0.1) is 11.2 Å². The smallest absolute Gasteiger partial charge is 0.309 e. The number of benzene rings is 5. The molecule has 0 amide bonds. The molecule has 0 radical (unpaired) electrons. The molecule has 0 bridgehead atoms. The number of hydrogen-bond donors (Lipinski definition) is 1. The number of hydrogen-bond acceptors (Lipinski definition) is 2. The van der Waals surface area contributed by atoms with Crippen LogP contribution >= 0.6 is 0 Å². The Labute approximate surface area is 358 Å². The van der Waals surface area contributed by atoms with E-state index in [1.54, 1.807) is 25.0 Å². The largest absolute Gasteiger partial charge is 0.427 e. The zero-order valence-corrected chi connectivity index (χ0v) is 37.8. The number of unbranched alkanes of at least 4 members (excludes halogenated alkanes) is 10. The topological polar surface area (TPSA) is 29.5 Å². The second-order valence-corrected chi connectivity index (χ2v) is 19.6. The highest BCUT2D eigenvalue weighted by atomic mass is 16.5. The lowest BCUT2D eigenvalue weighted by atomic mass is 9.70. The van der Waals surface area contributed by atoms with Crippen molar-refractivity contribution in [2.45, 2.75) is 167 Å². The van der Waals surface area contributed by atoms with E-state index in [1.165, 1.54) is 146 Å². The van der Waals surface area contributed by atoms with Crippen LogP contribution in [0.1, 0.15) is 168 Å². The maximum Gasteiger partial charge on any atom is 0.309 e. The summed E-state index contributed by atoms with van der Waals surface area (Å²) >= 11 is 0. The highest BCUT2D eigenvalue weighted by Crippen LogP contribution is 2.56. The van der Waals surface area contributed by atoms with Crippen molar-refractivity contribution in [3.8, 4) is 44.5 Å². The molecular formula is C56H71BO2. The molecule has 1 N–H and O–H groups in total. The summed E-state index contributed by atoms with van der Waals surface area (Å²) in [7, 11) is 0.461. The normalized spacial score (nSPS) is 14.8. The van der Waals surface area contributed by atoms with Gasteiger partial charge in [0.15, 0.2) is 0 Å². The van der Waals surface area contributed by atoms with Crippen LogP contribution in [-0.2, 0) is 15.5 Å². The van der Waals surface area contributed by atoms with E-state index in [2.05, 4.69) is 131 Å². The molecule has 2 nitrogen and oxygen atoms in total. The summed E-state index contributed by atoms with van der Waals surface area (Å²) < 4.78 is 6.15. The van der Waals surface area contributed by atoms with Crippen molar-refractivity contribution in [2.24, 2.45) is 0 Å². The zero-order chi connectivity index (χ0) is 41.8. The van der Waals surface area contributed by atoms with Gasteiger partial charge in [-0.15, -0.1) is 0 Å². The lowest BCUT2D eigenvalue weighted by Gasteiger charge is -2.37. The second-order valence-electron chi connectivity index (χ2n) is 19.6. The standard InChI is InChI=1S/C56H71BO2/c1-9-11-13-15-17-21-35-56(36-22-18-16-14-12-10-2)49-24-20-19-23-45(49)48-34-29-43(39-52(48)56)42-28-33-47-46-32-27-41(37-50(46)53(3,4)51(47)38-42)40-25-30-44(31-26-40)57-59-55(7,8)54(5,6)58/h19-20,23-34,37-39,57-58H,9-18,21-22,35-36H2,1-8H3. The fourth-order valence-corrected chi connectivity index (χ4v) is 10.0. The summed E-state index contributed by atoms with van der Waals surface area (Å²) in [5, 5.41) is 10.5. The second kappa shape index (κ2) is 18.0. The summed E-state index contributed by atoms with van der Waals surface area (Å²) in [6.45, 7) is 16.9. The van der Waals surface area contributed by atoms with E-state index in [4.69, 9.17) is 4.65 Å². The van der Waals surface area contributed by atoms with Crippen LogP contribution in [0, 0.1) is 0 Å². The molecule has 0 unspecified atom stereocenters. The first-order valence-corrected chi connectivity index (χ1v) is 23.3. The first-order valence-electron chi connectivity index (χ1n) is 23.3. The Balaban J connectivity index is 1.16. The molecule has 3 heteroatoms. The van der Waals surface area contributed by atoms with E-state index in [9.17, 15) is 5.11 Å². The fourth-order valence-electron chi connectivity index (χ4n) is 10.0. The van der Waals surface area contributed by atoms with Crippen LogP contribution in [0.15, 0.2) is 103 Å². The molecular weight excluding hydrogens is 715 g/mol. The SMILES string of the molecule is CCCCCCCCC1(CCCCCCCC)c2ccccc2-c2ccc(-c3ccc4c(c3)C(C)(C)c3cc(-c5ccc(BOC(C)(C)C(C)(C)O)cc5)ccc3-4)cc21. The Kier molecular flexibility index (Phi) is 13.2. The van der Waals surface area contributed by atoms with Crippen LogP contribution in [0.4, 0.5) is 0 Å². The predicted molar refractivity (Wildman–Crippen MR) is 255 cm³/mol. The lowest BCUT2D eigenvalue weighted by Crippen LogP contribution is -2.49. The summed E-state index contributed by atoms with van der Waals surface area (Å²) in [6.07, 6.45) is 18.5. The summed E-state index contributed by atoms with van der Waals surface area (Å²) in [5.74, 6) is 0.